The van der Waals surface area contributed by atoms with Gasteiger partial charge in [-0.3, -0.25) is 9.78 Å². The van der Waals surface area contributed by atoms with Crippen molar-refractivity contribution in [2.45, 2.75) is 11.3 Å². The normalized spacial score (nSPS) is 14.6. The average molecular weight is 458 g/mol. The average Bonchev–Trinajstić information content (AvgIpc) is 3.33. The summed E-state index contributed by atoms with van der Waals surface area (Å²) in [7, 11) is -3.61. The maximum Gasteiger partial charge on any atom is 0.253 e. The first-order valence-corrected chi connectivity index (χ1v) is 12.3. The molecule has 3 heterocycles. The molecule has 10 heteroatoms. The number of carbonyl (C=O) groups is 1. The summed E-state index contributed by atoms with van der Waals surface area (Å²) in [5.74, 6) is 0.698. The van der Waals surface area contributed by atoms with Crippen LogP contribution < -0.4 is 9.62 Å². The first-order valence-electron chi connectivity index (χ1n) is 9.95. The Kier molecular flexibility index (Phi) is 6.59. The zero-order chi connectivity index (χ0) is 21.7. The third kappa shape index (κ3) is 5.27. The van der Waals surface area contributed by atoms with E-state index in [1.165, 1.54) is 12.1 Å². The second-order valence-corrected chi connectivity index (χ2v) is 9.89. The molecule has 0 saturated carbocycles. The van der Waals surface area contributed by atoms with Gasteiger partial charge in [-0.25, -0.2) is 18.1 Å². The number of hydrogen-bond acceptors (Lipinski definition) is 7. The Balaban J connectivity index is 1.32. The van der Waals surface area contributed by atoms with E-state index in [2.05, 4.69) is 19.6 Å². The number of amides is 1. The highest BCUT2D eigenvalue weighted by Crippen LogP contribution is 2.16. The smallest absolute Gasteiger partial charge is 0.253 e. The van der Waals surface area contributed by atoms with Gasteiger partial charge in [0.15, 0.2) is 0 Å². The van der Waals surface area contributed by atoms with Gasteiger partial charge in [-0.2, -0.15) is 0 Å². The van der Waals surface area contributed by atoms with Crippen LogP contribution in [0.5, 0.6) is 0 Å². The number of hydrogen-bond donors (Lipinski definition) is 1. The van der Waals surface area contributed by atoms with Crippen LogP contribution in [-0.2, 0) is 16.4 Å². The van der Waals surface area contributed by atoms with Crippen LogP contribution in [0.1, 0.15) is 15.2 Å². The van der Waals surface area contributed by atoms with Crippen LogP contribution in [0.4, 0.5) is 5.82 Å². The number of piperazine rings is 1. The summed E-state index contributed by atoms with van der Waals surface area (Å²) < 4.78 is 27.6. The van der Waals surface area contributed by atoms with E-state index in [1.807, 2.05) is 17.5 Å². The lowest BCUT2D eigenvalue weighted by Crippen LogP contribution is -2.49. The van der Waals surface area contributed by atoms with Crippen LogP contribution >= 0.6 is 11.3 Å². The summed E-state index contributed by atoms with van der Waals surface area (Å²) in [6.45, 7) is 2.81. The third-order valence-electron chi connectivity index (χ3n) is 5.10. The van der Waals surface area contributed by atoms with E-state index in [1.54, 1.807) is 47.0 Å². The van der Waals surface area contributed by atoms with Crippen molar-refractivity contribution in [1.29, 1.82) is 0 Å². The van der Waals surface area contributed by atoms with Crippen LogP contribution in [0.2, 0.25) is 0 Å². The Morgan fingerprint density at radius 2 is 1.84 bits per heavy atom. The summed E-state index contributed by atoms with van der Waals surface area (Å²) >= 11 is 1.60. The maximum absolute atomic E-state index is 12.8. The summed E-state index contributed by atoms with van der Waals surface area (Å²) in [6, 6.07) is 10.0. The number of carbonyl (C=O) groups excluding carboxylic acids is 1. The highest BCUT2D eigenvalue weighted by molar-refractivity contribution is 7.89. The molecular weight excluding hydrogens is 434 g/mol. The quantitative estimate of drug-likeness (QED) is 0.583. The van der Waals surface area contributed by atoms with Gasteiger partial charge in [-0.15, -0.1) is 11.3 Å². The van der Waals surface area contributed by atoms with Gasteiger partial charge >= 0.3 is 0 Å². The van der Waals surface area contributed by atoms with Crippen molar-refractivity contribution in [1.82, 2.24) is 19.6 Å². The molecule has 2 aromatic heterocycles. The van der Waals surface area contributed by atoms with Gasteiger partial charge in [-0.1, -0.05) is 6.07 Å². The molecular formula is C21H23N5O3S2. The Hall–Kier alpha value is -2.82. The molecule has 3 aromatic rings. The minimum Gasteiger partial charge on any atom is -0.352 e. The molecule has 0 unspecified atom stereocenters. The van der Waals surface area contributed by atoms with E-state index < -0.39 is 10.0 Å². The van der Waals surface area contributed by atoms with Crippen LogP contribution in [0.25, 0.3) is 0 Å². The molecule has 0 atom stereocenters. The van der Waals surface area contributed by atoms with Crippen molar-refractivity contribution < 1.29 is 13.2 Å². The predicted molar refractivity (Wildman–Crippen MR) is 120 cm³/mol. The van der Waals surface area contributed by atoms with Crippen LogP contribution in [-0.4, -0.2) is 61.9 Å². The SMILES string of the molecule is O=C(c1ccc(S(=O)(=O)NCCc2cccs2)cc1)N1CCN(c2cnccn2)CC1. The largest absolute Gasteiger partial charge is 0.352 e. The number of nitrogens with zero attached hydrogens (tertiary/aromatic N) is 4. The van der Waals surface area contributed by atoms with E-state index >= 15 is 0 Å². The molecule has 0 radical (unpaired) electrons. The van der Waals surface area contributed by atoms with E-state index in [0.717, 1.165) is 10.7 Å². The summed E-state index contributed by atoms with van der Waals surface area (Å²) in [6.07, 6.45) is 5.64. The van der Waals surface area contributed by atoms with Gasteiger partial charge in [0.2, 0.25) is 10.0 Å². The maximum atomic E-state index is 12.8. The minimum absolute atomic E-state index is 0.103. The van der Waals surface area contributed by atoms with Crippen LogP contribution in [0, 0.1) is 0 Å². The zero-order valence-corrected chi connectivity index (χ0v) is 18.5. The lowest BCUT2D eigenvalue weighted by molar-refractivity contribution is 0.0746. The number of aromatic nitrogens is 2. The van der Waals surface area contributed by atoms with Gasteiger partial charge in [-0.05, 0) is 42.1 Å². The molecule has 1 aliphatic rings. The van der Waals surface area contributed by atoms with Crippen molar-refractivity contribution in [3.8, 4) is 0 Å². The number of rotatable bonds is 7. The molecule has 1 saturated heterocycles. The third-order valence-corrected chi connectivity index (χ3v) is 7.51. The van der Waals surface area contributed by atoms with E-state index in [9.17, 15) is 13.2 Å². The molecule has 1 fully saturated rings. The fraction of sp³-hybridized carbons (Fsp3) is 0.286. The first-order chi connectivity index (χ1) is 15.0. The lowest BCUT2D eigenvalue weighted by atomic mass is 10.2. The number of thiophene rings is 1. The summed E-state index contributed by atoms with van der Waals surface area (Å²) in [5.41, 5.74) is 0.477. The van der Waals surface area contributed by atoms with Gasteiger partial charge in [0.1, 0.15) is 5.82 Å². The van der Waals surface area contributed by atoms with Crippen molar-refractivity contribution in [2.75, 3.05) is 37.6 Å². The van der Waals surface area contributed by atoms with Crippen molar-refractivity contribution >= 4 is 33.1 Å². The van der Waals surface area contributed by atoms with Gasteiger partial charge < -0.3 is 9.80 Å². The molecule has 8 nitrogen and oxygen atoms in total. The predicted octanol–water partition coefficient (Wildman–Crippen LogP) is 2.02. The Bertz CT molecular complexity index is 1100. The molecule has 1 aromatic carbocycles. The fourth-order valence-electron chi connectivity index (χ4n) is 3.40. The molecule has 1 N–H and O–H groups in total. The number of benzene rings is 1. The molecule has 0 spiro atoms. The first kappa shape index (κ1) is 21.4. The minimum atomic E-state index is -3.61. The molecule has 4 rings (SSSR count). The number of anilines is 1. The number of nitrogens with one attached hydrogen (secondary N) is 1. The van der Waals surface area contributed by atoms with Crippen LogP contribution in [0.15, 0.2) is 65.3 Å². The second kappa shape index (κ2) is 9.54. The molecule has 1 aliphatic heterocycles. The Morgan fingerprint density at radius 3 is 2.48 bits per heavy atom. The van der Waals surface area contributed by atoms with Gasteiger partial charge in [0, 0.05) is 55.6 Å². The topological polar surface area (TPSA) is 95.5 Å². The second-order valence-electron chi connectivity index (χ2n) is 7.09. The van der Waals surface area contributed by atoms with Crippen molar-refractivity contribution in [3.05, 3.63) is 70.8 Å². The Labute approximate surface area is 185 Å². The fourth-order valence-corrected chi connectivity index (χ4v) is 5.14. The monoisotopic (exact) mass is 457 g/mol. The lowest BCUT2D eigenvalue weighted by Gasteiger charge is -2.35. The van der Waals surface area contributed by atoms with Crippen molar-refractivity contribution in [2.24, 2.45) is 0 Å². The molecule has 31 heavy (non-hydrogen) atoms. The van der Waals surface area contributed by atoms with Crippen molar-refractivity contribution in [3.63, 3.8) is 0 Å². The number of sulfonamides is 1. The van der Waals surface area contributed by atoms with Gasteiger partial charge in [0.25, 0.3) is 5.91 Å². The molecule has 0 bridgehead atoms. The summed E-state index contributed by atoms with van der Waals surface area (Å²) in [4.78, 5) is 26.4. The molecule has 0 aliphatic carbocycles. The highest BCUT2D eigenvalue weighted by atomic mass is 32.2. The zero-order valence-electron chi connectivity index (χ0n) is 16.8. The standard InChI is InChI=1S/C21H23N5O3S2/c27-21(26-13-11-25(12-14-26)20-16-22-9-10-23-20)17-3-5-19(6-4-17)31(28,29)24-8-7-18-2-1-15-30-18/h1-6,9-10,15-16,24H,7-8,11-14H2. The van der Waals surface area contributed by atoms with E-state index in [4.69, 9.17) is 0 Å². The van der Waals surface area contributed by atoms with Gasteiger partial charge in [0.05, 0.1) is 11.1 Å². The molecule has 1 amide bonds. The van der Waals surface area contributed by atoms with Crippen LogP contribution in [0.3, 0.4) is 0 Å². The summed E-state index contributed by atoms with van der Waals surface area (Å²) in [5, 5.41) is 1.97. The highest BCUT2D eigenvalue weighted by Gasteiger charge is 2.23. The van der Waals surface area contributed by atoms with E-state index in [0.29, 0.717) is 44.7 Å². The van der Waals surface area contributed by atoms with E-state index in [-0.39, 0.29) is 10.8 Å². The molecule has 162 valence electrons. The Morgan fingerprint density at radius 1 is 1.06 bits per heavy atom.